The van der Waals surface area contributed by atoms with Crippen LogP contribution in [-0.2, 0) is 6.61 Å². The summed E-state index contributed by atoms with van der Waals surface area (Å²) < 4.78 is 13.6. The third kappa shape index (κ3) is 2.25. The molecule has 2 rings (SSSR count). The minimum atomic E-state index is -0.288. The summed E-state index contributed by atoms with van der Waals surface area (Å²) in [5.74, 6) is -0.288. The number of aromatic nitrogens is 1. The Bertz CT molecular complexity index is 486. The molecule has 5 heteroatoms. The zero-order chi connectivity index (χ0) is 10.8. The van der Waals surface area contributed by atoms with E-state index in [1.165, 1.54) is 23.5 Å². The summed E-state index contributed by atoms with van der Waals surface area (Å²) in [6.07, 6.45) is 0. The smallest absolute Gasteiger partial charge is 0.125 e. The minimum Gasteiger partial charge on any atom is -0.391 e. The second-order valence-electron chi connectivity index (χ2n) is 2.90. The van der Waals surface area contributed by atoms with E-state index in [1.807, 2.05) is 0 Å². The highest BCUT2D eigenvalue weighted by atomic mass is 79.9. The van der Waals surface area contributed by atoms with Crippen LogP contribution < -0.4 is 0 Å². The summed E-state index contributed by atoms with van der Waals surface area (Å²) >= 11 is 4.59. The molecule has 1 aromatic carbocycles. The van der Waals surface area contributed by atoms with Crippen molar-refractivity contribution in [2.45, 2.75) is 6.61 Å². The molecule has 0 aliphatic heterocycles. The van der Waals surface area contributed by atoms with E-state index < -0.39 is 0 Å². The lowest BCUT2D eigenvalue weighted by Crippen LogP contribution is -1.78. The van der Waals surface area contributed by atoms with E-state index in [9.17, 15) is 4.39 Å². The van der Waals surface area contributed by atoms with E-state index >= 15 is 0 Å². The first-order valence-corrected chi connectivity index (χ1v) is 5.83. The van der Waals surface area contributed by atoms with Crippen LogP contribution in [0.2, 0.25) is 0 Å². The molecule has 1 N–H and O–H groups in total. The van der Waals surface area contributed by atoms with Gasteiger partial charge in [-0.25, -0.2) is 9.37 Å². The third-order valence-corrected chi connectivity index (χ3v) is 3.87. The van der Waals surface area contributed by atoms with Gasteiger partial charge in [-0.05, 0) is 28.1 Å². The molecule has 2 nitrogen and oxygen atoms in total. The van der Waals surface area contributed by atoms with Crippen LogP contribution in [0.5, 0.6) is 0 Å². The Kier molecular flexibility index (Phi) is 3.14. The van der Waals surface area contributed by atoms with Gasteiger partial charge in [0.25, 0.3) is 0 Å². The molecular weight excluding hydrogens is 281 g/mol. The number of halogens is 2. The van der Waals surface area contributed by atoms with Crippen molar-refractivity contribution in [2.24, 2.45) is 0 Å². The molecule has 1 aromatic heterocycles. The van der Waals surface area contributed by atoms with Crippen molar-refractivity contribution in [3.8, 4) is 10.6 Å². The summed E-state index contributed by atoms with van der Waals surface area (Å²) in [5, 5.41) is 9.70. The van der Waals surface area contributed by atoms with Crippen molar-refractivity contribution in [1.82, 2.24) is 4.98 Å². The number of aliphatic hydroxyl groups excluding tert-OH is 1. The number of rotatable bonds is 2. The van der Waals surface area contributed by atoms with Crippen molar-refractivity contribution in [3.05, 3.63) is 39.6 Å². The SMILES string of the molecule is OCc1sc(-c2cccc(F)c2)nc1Br. The fraction of sp³-hybridized carbons (Fsp3) is 0.100. The lowest BCUT2D eigenvalue weighted by atomic mass is 10.2. The molecule has 0 aliphatic carbocycles. The number of benzene rings is 1. The van der Waals surface area contributed by atoms with Crippen molar-refractivity contribution in [2.75, 3.05) is 0 Å². The number of hydrogen-bond donors (Lipinski definition) is 1. The van der Waals surface area contributed by atoms with E-state index in [0.29, 0.717) is 9.61 Å². The lowest BCUT2D eigenvalue weighted by Gasteiger charge is -1.94. The van der Waals surface area contributed by atoms with Crippen LogP contribution in [0.1, 0.15) is 4.88 Å². The number of aliphatic hydroxyl groups is 1. The molecule has 0 radical (unpaired) electrons. The molecule has 0 unspecified atom stereocenters. The predicted octanol–water partition coefficient (Wildman–Crippen LogP) is 3.20. The number of thiazole rings is 1. The van der Waals surface area contributed by atoms with Crippen LogP contribution >= 0.6 is 27.3 Å². The molecule has 2 aromatic rings. The van der Waals surface area contributed by atoms with Gasteiger partial charge < -0.3 is 5.11 Å². The van der Waals surface area contributed by atoms with Gasteiger partial charge in [0.05, 0.1) is 11.5 Å². The van der Waals surface area contributed by atoms with E-state index in [1.54, 1.807) is 12.1 Å². The van der Waals surface area contributed by atoms with E-state index in [0.717, 1.165) is 10.4 Å². The van der Waals surface area contributed by atoms with Gasteiger partial charge in [0.2, 0.25) is 0 Å². The highest BCUT2D eigenvalue weighted by Crippen LogP contribution is 2.31. The average molecular weight is 288 g/mol. The van der Waals surface area contributed by atoms with E-state index in [-0.39, 0.29) is 12.4 Å². The molecule has 0 saturated carbocycles. The molecule has 0 spiro atoms. The van der Waals surface area contributed by atoms with Crippen LogP contribution in [0, 0.1) is 5.82 Å². The average Bonchev–Trinajstić information content (AvgIpc) is 2.60. The summed E-state index contributed by atoms with van der Waals surface area (Å²) in [7, 11) is 0. The summed E-state index contributed by atoms with van der Waals surface area (Å²) in [6, 6.07) is 6.24. The Morgan fingerprint density at radius 1 is 1.47 bits per heavy atom. The summed E-state index contributed by atoms with van der Waals surface area (Å²) in [6.45, 7) is -0.0619. The van der Waals surface area contributed by atoms with Crippen molar-refractivity contribution >= 4 is 27.3 Å². The van der Waals surface area contributed by atoms with E-state index in [4.69, 9.17) is 5.11 Å². The Morgan fingerprint density at radius 2 is 2.27 bits per heavy atom. The van der Waals surface area contributed by atoms with Crippen LogP contribution in [-0.4, -0.2) is 10.1 Å². The Labute approximate surface area is 98.5 Å². The largest absolute Gasteiger partial charge is 0.391 e. The quantitative estimate of drug-likeness (QED) is 0.920. The minimum absolute atomic E-state index is 0.0619. The molecule has 15 heavy (non-hydrogen) atoms. The first-order chi connectivity index (χ1) is 7.20. The number of nitrogens with zero attached hydrogens (tertiary/aromatic N) is 1. The van der Waals surface area contributed by atoms with Crippen LogP contribution in [0.3, 0.4) is 0 Å². The monoisotopic (exact) mass is 287 g/mol. The van der Waals surface area contributed by atoms with Crippen molar-refractivity contribution in [1.29, 1.82) is 0 Å². The van der Waals surface area contributed by atoms with Gasteiger partial charge in [0.15, 0.2) is 0 Å². The van der Waals surface area contributed by atoms with Gasteiger partial charge >= 0.3 is 0 Å². The highest BCUT2D eigenvalue weighted by molar-refractivity contribution is 9.10. The standard InChI is InChI=1S/C10H7BrFNOS/c11-9-8(5-14)15-10(13-9)6-2-1-3-7(12)4-6/h1-4,14H,5H2. The van der Waals surface area contributed by atoms with Gasteiger partial charge in [-0.1, -0.05) is 12.1 Å². The van der Waals surface area contributed by atoms with Crippen molar-refractivity contribution in [3.63, 3.8) is 0 Å². The van der Waals surface area contributed by atoms with Gasteiger partial charge in [-0.3, -0.25) is 0 Å². The second-order valence-corrected chi connectivity index (χ2v) is 4.74. The normalized spacial score (nSPS) is 10.6. The molecule has 0 atom stereocenters. The molecule has 0 aliphatic rings. The van der Waals surface area contributed by atoms with E-state index in [2.05, 4.69) is 20.9 Å². The first kappa shape index (κ1) is 10.7. The van der Waals surface area contributed by atoms with Crippen LogP contribution in [0.25, 0.3) is 10.6 Å². The fourth-order valence-corrected chi connectivity index (χ4v) is 2.65. The molecule has 78 valence electrons. The van der Waals surface area contributed by atoms with Gasteiger partial charge in [-0.2, -0.15) is 0 Å². The lowest BCUT2D eigenvalue weighted by molar-refractivity contribution is 0.284. The maximum atomic E-state index is 13.0. The topological polar surface area (TPSA) is 33.1 Å². The van der Waals surface area contributed by atoms with Gasteiger partial charge in [-0.15, -0.1) is 11.3 Å². The van der Waals surface area contributed by atoms with Gasteiger partial charge in [0.1, 0.15) is 15.4 Å². The molecule has 1 heterocycles. The van der Waals surface area contributed by atoms with Crippen LogP contribution in [0.15, 0.2) is 28.9 Å². The zero-order valence-corrected chi connectivity index (χ0v) is 9.98. The first-order valence-electron chi connectivity index (χ1n) is 4.22. The Hall–Kier alpha value is -0.780. The highest BCUT2D eigenvalue weighted by Gasteiger charge is 2.09. The third-order valence-electron chi connectivity index (χ3n) is 1.86. The predicted molar refractivity (Wildman–Crippen MR) is 61.1 cm³/mol. The second kappa shape index (κ2) is 4.38. The Morgan fingerprint density at radius 3 is 2.87 bits per heavy atom. The molecule has 0 fully saturated rings. The van der Waals surface area contributed by atoms with Gasteiger partial charge in [0, 0.05) is 5.56 Å². The Balaban J connectivity index is 2.45. The van der Waals surface area contributed by atoms with Crippen molar-refractivity contribution < 1.29 is 9.50 Å². The van der Waals surface area contributed by atoms with Crippen LogP contribution in [0.4, 0.5) is 4.39 Å². The fourth-order valence-electron chi connectivity index (χ4n) is 1.18. The zero-order valence-electron chi connectivity index (χ0n) is 7.58. The summed E-state index contributed by atoms with van der Waals surface area (Å²) in [4.78, 5) is 4.95. The number of hydrogen-bond acceptors (Lipinski definition) is 3. The molecular formula is C10H7BrFNOS. The summed E-state index contributed by atoms with van der Waals surface area (Å²) in [5.41, 5.74) is 0.723. The molecule has 0 saturated heterocycles. The maximum Gasteiger partial charge on any atom is 0.125 e. The maximum absolute atomic E-state index is 13.0. The molecule has 0 amide bonds. The molecule has 0 bridgehead atoms.